The van der Waals surface area contributed by atoms with Gasteiger partial charge in [-0.15, -0.1) is 34.0 Å². The Bertz CT molecular complexity index is 6460. The second kappa shape index (κ2) is 44.0. The van der Waals surface area contributed by atoms with Crippen LogP contribution < -0.4 is 30.7 Å². The number of fused-ring (bicyclic) bond motifs is 3. The standard InChI is InChI=1S/C33H34ClFN6O6S.C32H30BrFN6O5S.C31H28Cl2N6O5S/c1-46-19-33-17-39(13-14-41(33)32(45)40(18-33)21-9-6-20(7-10-21)8-11-25(42)43)16-24-26(31(44)47-2)28(22-4-3-5-23(35)27(22)34)38-29(37-24)30-36-12-15-48-30;1-2-45-31(43)27-25(36-29(30-35-11-14-46-30)37-28(27)23-9-6-20(34)15-24(23)33)18-38-12-13-39-22(16-38)17-40(32(39)44)21-7-3-19(4-8-21)5-10-26(41)42;1-44-30(42)26-24(35-28(29-34-10-13-45-29)36-27(26)22-8-5-19(32)14-23(22)33)17-37-11-12-38-21(15-37)16-39(31(38)43)20-6-2-18(3-7-20)4-9-25(40)41/h3-7,9-10,12,15,28H,8,11,13-14,16-19H2,1-2H3,(H,37,38)(H,42,43);3-11,14-15,22,28H,2,12-13,16-18H2,1H3,(H,36,37)(H,41,42);2-10,13-14,21,27H,11-12,15-17H2,1H3,(H,35,36)(H,40,41)/b;10-5+;9-4+/t28-,33-;22-,28-;21-,27-/m000/s1. The van der Waals surface area contributed by atoms with Gasteiger partial charge < -0.3 is 64.9 Å². The van der Waals surface area contributed by atoms with E-state index in [1.54, 1.807) is 102 Å². The molecule has 0 aliphatic carbocycles. The zero-order valence-corrected chi connectivity index (χ0v) is 81.4. The van der Waals surface area contributed by atoms with Crippen LogP contribution in [0.4, 0.5) is 40.2 Å². The summed E-state index contributed by atoms with van der Waals surface area (Å²) in [7, 11) is 4.21. The summed E-state index contributed by atoms with van der Waals surface area (Å²) in [6.07, 6.45) is 10.6. The zero-order valence-electron chi connectivity index (χ0n) is 75.1. The first-order valence-electron chi connectivity index (χ1n) is 43.9. The Morgan fingerprint density at radius 2 is 1.00 bits per heavy atom. The molecular formula is C96H92BrCl3F2N18O16S3. The summed E-state index contributed by atoms with van der Waals surface area (Å²) in [5, 5.41) is 44.9. The number of aliphatic carboxylic acids is 3. The maximum absolute atomic E-state index is 14.7. The molecule has 9 aliphatic rings. The van der Waals surface area contributed by atoms with Gasteiger partial charge in [0.15, 0.2) is 32.5 Å². The molecule has 9 aromatic rings. The van der Waals surface area contributed by atoms with Crippen LogP contribution in [0.25, 0.3) is 12.2 Å². The lowest BCUT2D eigenvalue weighted by Crippen LogP contribution is -2.64. The number of aliphatic imine (C=N–C) groups is 3. The third kappa shape index (κ3) is 22.3. The van der Waals surface area contributed by atoms with Crippen molar-refractivity contribution in [2.24, 2.45) is 15.0 Å². The first-order chi connectivity index (χ1) is 67.1. The van der Waals surface area contributed by atoms with E-state index in [4.69, 9.17) is 84.0 Å². The van der Waals surface area contributed by atoms with E-state index in [1.807, 2.05) is 79.4 Å². The van der Waals surface area contributed by atoms with Crippen LogP contribution in [0.15, 0.2) is 228 Å². The van der Waals surface area contributed by atoms with Gasteiger partial charge >= 0.3 is 53.9 Å². The number of anilines is 3. The summed E-state index contributed by atoms with van der Waals surface area (Å²) in [5.74, 6) is -4.21. The topological polar surface area (TPSA) is 392 Å². The molecule has 12 heterocycles. The van der Waals surface area contributed by atoms with Gasteiger partial charge in [0.1, 0.15) is 29.8 Å². The number of rotatable bonds is 28. The van der Waals surface area contributed by atoms with Crippen molar-refractivity contribution in [3.8, 4) is 0 Å². The highest BCUT2D eigenvalue weighted by molar-refractivity contribution is 9.10. The Morgan fingerprint density at radius 3 is 1.46 bits per heavy atom. The Labute approximate surface area is 831 Å². The van der Waals surface area contributed by atoms with Gasteiger partial charge in [0.25, 0.3) is 0 Å². The molecule has 18 rings (SSSR count). The van der Waals surface area contributed by atoms with Gasteiger partial charge in [-0.1, -0.05) is 111 Å². The minimum absolute atomic E-state index is 0.0265. The van der Waals surface area contributed by atoms with Gasteiger partial charge in [-0.05, 0) is 114 Å². The van der Waals surface area contributed by atoms with Gasteiger partial charge in [0.05, 0.1) is 73.3 Å². The molecule has 722 valence electrons. The van der Waals surface area contributed by atoms with E-state index in [0.29, 0.717) is 196 Å². The van der Waals surface area contributed by atoms with Gasteiger partial charge in [0, 0.05) is 212 Å². The van der Waals surface area contributed by atoms with Crippen molar-refractivity contribution in [2.45, 2.75) is 55.5 Å². The number of nitrogens with one attached hydrogen (secondary N) is 3. The number of halogens is 6. The smallest absolute Gasteiger partial charge is 0.338 e. The molecule has 0 saturated carbocycles. The monoisotopic (exact) mass is 2070 g/mol. The Morgan fingerprint density at radius 1 is 0.532 bits per heavy atom. The number of hydrogen-bond acceptors (Lipinski definition) is 28. The number of hydrogen-bond donors (Lipinski definition) is 6. The number of carbonyl (C=O) groups is 9. The summed E-state index contributed by atoms with van der Waals surface area (Å²) in [5.41, 5.74) is 7.95. The Kier molecular flexibility index (Phi) is 31.3. The van der Waals surface area contributed by atoms with Crippen LogP contribution in [-0.4, -0.2) is 281 Å². The van der Waals surface area contributed by atoms with Crippen LogP contribution in [0.5, 0.6) is 0 Å². The highest BCUT2D eigenvalue weighted by Crippen LogP contribution is 2.44. The molecule has 0 spiro atoms. The molecule has 0 unspecified atom stereocenters. The molecule has 6 saturated heterocycles. The molecule has 6 atom stereocenters. The number of piperazine rings is 3. The minimum atomic E-state index is -1.03. The average molecular weight is 2070 g/mol. The number of carboxylic acids is 3. The predicted molar refractivity (Wildman–Crippen MR) is 526 cm³/mol. The van der Waals surface area contributed by atoms with Crippen LogP contribution >= 0.6 is 84.7 Å². The van der Waals surface area contributed by atoms with Crippen molar-refractivity contribution >= 4 is 185 Å². The lowest BCUT2D eigenvalue weighted by molar-refractivity contribution is -0.139. The van der Waals surface area contributed by atoms with Gasteiger partial charge in [-0.2, -0.15) is 0 Å². The van der Waals surface area contributed by atoms with E-state index in [-0.39, 0.29) is 67.0 Å². The molecule has 0 bridgehead atoms. The number of carbonyl (C=O) groups excluding carboxylic acids is 6. The number of nitrogens with zero attached hydrogens (tertiary/aromatic N) is 15. The normalized spacial score (nSPS) is 20.6. The number of thiazole rings is 3. The molecule has 6 aromatic carbocycles. The highest BCUT2D eigenvalue weighted by Gasteiger charge is 2.54. The summed E-state index contributed by atoms with van der Waals surface area (Å²) in [4.78, 5) is 159. The lowest BCUT2D eigenvalue weighted by Gasteiger charge is -2.45. The van der Waals surface area contributed by atoms with Crippen molar-refractivity contribution in [3.63, 3.8) is 0 Å². The van der Waals surface area contributed by atoms with E-state index in [1.165, 1.54) is 84.6 Å². The van der Waals surface area contributed by atoms with Crippen LogP contribution in [0.1, 0.15) is 79.9 Å². The van der Waals surface area contributed by atoms with Crippen molar-refractivity contribution in [1.29, 1.82) is 0 Å². The Hall–Kier alpha value is -13.0. The van der Waals surface area contributed by atoms with Crippen LogP contribution in [0.2, 0.25) is 15.1 Å². The fraction of sp³-hybridized carbons (Fsp3) is 0.302. The number of amidine groups is 3. The number of aryl methyl sites for hydroxylation is 1. The Balaban J connectivity index is 0.000000151. The van der Waals surface area contributed by atoms with Gasteiger partial charge in [-0.3, -0.25) is 49.2 Å². The molecule has 6 fully saturated rings. The first-order valence-corrected chi connectivity index (χ1v) is 48.5. The average Bonchev–Trinajstić information content (AvgIpc) is 1.61. The summed E-state index contributed by atoms with van der Waals surface area (Å²) >= 11 is 26.9. The van der Waals surface area contributed by atoms with E-state index in [2.05, 4.69) is 61.5 Å². The molecule has 139 heavy (non-hydrogen) atoms. The second-order valence-electron chi connectivity index (χ2n) is 33.3. The third-order valence-corrected chi connectivity index (χ3v) is 28.6. The number of aromatic nitrogens is 3. The molecule has 0 radical (unpaired) electrons. The summed E-state index contributed by atoms with van der Waals surface area (Å²) in [6.45, 7) is 9.15. The fourth-order valence-corrected chi connectivity index (χ4v) is 21.3. The van der Waals surface area contributed by atoms with Gasteiger partial charge in [-0.25, -0.2) is 62.1 Å². The first kappa shape index (κ1) is 99.0. The molecule has 3 aromatic heterocycles. The number of amides is 6. The van der Waals surface area contributed by atoms with Crippen molar-refractivity contribution in [3.05, 3.63) is 288 Å². The van der Waals surface area contributed by atoms with Crippen molar-refractivity contribution < 1.29 is 86.2 Å². The molecule has 6 N–H and O–H groups in total. The maximum Gasteiger partial charge on any atom is 0.338 e. The van der Waals surface area contributed by atoms with E-state index in [9.17, 15) is 51.9 Å². The second-order valence-corrected chi connectivity index (χ2v) is 38.1. The third-order valence-electron chi connectivity index (χ3n) is 24.6. The van der Waals surface area contributed by atoms with Crippen molar-refractivity contribution in [1.82, 2.24) is 60.3 Å². The summed E-state index contributed by atoms with van der Waals surface area (Å²) in [6, 6.07) is 32.6. The molecule has 43 heteroatoms. The van der Waals surface area contributed by atoms with Crippen LogP contribution in [0.3, 0.4) is 0 Å². The zero-order chi connectivity index (χ0) is 98.0. The van der Waals surface area contributed by atoms with Crippen LogP contribution in [0, 0.1) is 11.6 Å². The van der Waals surface area contributed by atoms with E-state index < -0.39 is 71.1 Å². The minimum Gasteiger partial charge on any atom is -0.481 e. The number of methoxy groups -OCH3 is 3. The highest BCUT2D eigenvalue weighted by atomic mass is 79.9. The number of ether oxygens (including phenoxy) is 4. The molecule has 6 amide bonds. The fourth-order valence-electron chi connectivity index (χ4n) is 18.2. The SMILES string of the molecule is CCOC(=O)C1=C(CN2CCN3C(=O)N(c4ccc(/C=C/C(=O)O)cc4)C[C@@H]3C2)NC(c2nccs2)=N[C@H]1c1ccc(F)cc1Br.COC(=O)C1=C(CN2CCN3C(=O)N(c4ccc(/C=C/C(=O)O)cc4)C[C@@H]3C2)NC(c2nccs2)=N[C@H]1c1ccc(Cl)cc1Cl.COC[C@@]12CN(CC3=C(C(=O)OC)[C@H](c4cccc(F)c4Cl)N=C(c4nccs4)N3)CCN1C(=O)N(c1ccc(CCC(=O)O)cc1)C2. The number of urea groups is 3. The van der Waals surface area contributed by atoms with E-state index >= 15 is 0 Å². The molecule has 34 nitrogen and oxygen atoms in total. The molecule has 9 aliphatic heterocycles. The quantitative estimate of drug-likeness (QED) is 0.0151. The summed E-state index contributed by atoms with van der Waals surface area (Å²) < 4.78 is 50.9. The van der Waals surface area contributed by atoms with Crippen LogP contribution in [-0.2, 0) is 54.1 Å². The predicted octanol–water partition coefficient (Wildman–Crippen LogP) is 13.5. The molecular weight excluding hydrogens is 1980 g/mol. The largest absolute Gasteiger partial charge is 0.481 e. The number of esters is 3. The number of carboxylic acid groups (broad SMARTS) is 3. The van der Waals surface area contributed by atoms with Gasteiger partial charge in [0.2, 0.25) is 0 Å². The number of benzene rings is 6. The van der Waals surface area contributed by atoms with E-state index in [0.717, 1.165) is 40.2 Å². The van der Waals surface area contributed by atoms with Crippen molar-refractivity contribution in [2.75, 3.05) is 147 Å². The lowest BCUT2D eigenvalue weighted by atomic mass is 9.93. The maximum atomic E-state index is 14.7.